The van der Waals surface area contributed by atoms with E-state index in [-0.39, 0.29) is 0 Å². The van der Waals surface area contributed by atoms with Crippen molar-refractivity contribution in [3.8, 4) is 0 Å². The summed E-state index contributed by atoms with van der Waals surface area (Å²) in [5.41, 5.74) is 0.459. The third kappa shape index (κ3) is 2.46. The molecule has 1 nitrogen and oxygen atoms in total. The largest absolute Gasteiger partial charge is 0.381 e. The first-order valence-corrected chi connectivity index (χ1v) is 5.64. The lowest BCUT2D eigenvalue weighted by atomic mass is 9.68. The van der Waals surface area contributed by atoms with E-state index in [1.54, 1.807) is 0 Å². The SMILES string of the molecule is CCC(C)(C)[C@@H]1CCCC[C@H]1OC. The van der Waals surface area contributed by atoms with Gasteiger partial charge < -0.3 is 4.74 Å². The van der Waals surface area contributed by atoms with Crippen molar-refractivity contribution >= 4 is 0 Å². The van der Waals surface area contributed by atoms with Gasteiger partial charge in [-0.2, -0.15) is 0 Å². The second-order valence-corrected chi connectivity index (χ2v) is 5.01. The normalized spacial score (nSPS) is 30.5. The highest BCUT2D eigenvalue weighted by Crippen LogP contribution is 2.41. The van der Waals surface area contributed by atoms with E-state index in [0.29, 0.717) is 11.5 Å². The van der Waals surface area contributed by atoms with Gasteiger partial charge in [0.15, 0.2) is 0 Å². The van der Waals surface area contributed by atoms with Crippen LogP contribution >= 0.6 is 0 Å². The molecule has 0 amide bonds. The van der Waals surface area contributed by atoms with Crippen LogP contribution in [0, 0.1) is 11.3 Å². The van der Waals surface area contributed by atoms with Crippen LogP contribution in [0.5, 0.6) is 0 Å². The van der Waals surface area contributed by atoms with Crippen molar-refractivity contribution in [2.24, 2.45) is 11.3 Å². The first-order valence-electron chi connectivity index (χ1n) is 5.64. The number of hydrogen-bond donors (Lipinski definition) is 0. The Morgan fingerprint density at radius 3 is 2.38 bits per heavy atom. The maximum absolute atomic E-state index is 5.59. The van der Waals surface area contributed by atoms with Crippen LogP contribution in [-0.2, 0) is 4.74 Å². The topological polar surface area (TPSA) is 9.23 Å². The van der Waals surface area contributed by atoms with Gasteiger partial charge in [-0.05, 0) is 24.2 Å². The summed E-state index contributed by atoms with van der Waals surface area (Å²) in [6.07, 6.45) is 7.16. The third-order valence-electron chi connectivity index (χ3n) is 3.92. The van der Waals surface area contributed by atoms with Crippen LogP contribution < -0.4 is 0 Å². The monoisotopic (exact) mass is 184 g/mol. The van der Waals surface area contributed by atoms with Crippen LogP contribution in [0.15, 0.2) is 0 Å². The average Bonchev–Trinajstić information content (AvgIpc) is 2.18. The van der Waals surface area contributed by atoms with Gasteiger partial charge in [-0.15, -0.1) is 0 Å². The molecule has 78 valence electrons. The molecule has 0 saturated heterocycles. The molecule has 0 aliphatic heterocycles. The highest BCUT2D eigenvalue weighted by molar-refractivity contribution is 4.86. The van der Waals surface area contributed by atoms with Gasteiger partial charge in [-0.3, -0.25) is 0 Å². The maximum Gasteiger partial charge on any atom is 0.0604 e. The predicted molar refractivity (Wildman–Crippen MR) is 56.8 cm³/mol. The van der Waals surface area contributed by atoms with Gasteiger partial charge in [0.1, 0.15) is 0 Å². The van der Waals surface area contributed by atoms with E-state index in [9.17, 15) is 0 Å². The van der Waals surface area contributed by atoms with Gasteiger partial charge in [-0.1, -0.05) is 40.0 Å². The van der Waals surface area contributed by atoms with Crippen LogP contribution in [0.25, 0.3) is 0 Å². The van der Waals surface area contributed by atoms with E-state index in [0.717, 1.165) is 5.92 Å². The van der Waals surface area contributed by atoms with Crippen molar-refractivity contribution in [3.63, 3.8) is 0 Å². The molecule has 0 unspecified atom stereocenters. The van der Waals surface area contributed by atoms with Crippen LogP contribution in [0.2, 0.25) is 0 Å². The molecule has 0 heterocycles. The molecule has 1 aliphatic carbocycles. The maximum atomic E-state index is 5.59. The van der Waals surface area contributed by atoms with Crippen molar-refractivity contribution in [2.45, 2.75) is 59.0 Å². The van der Waals surface area contributed by atoms with Gasteiger partial charge in [0, 0.05) is 7.11 Å². The molecule has 1 fully saturated rings. The minimum absolute atomic E-state index is 0.459. The van der Waals surface area contributed by atoms with E-state index < -0.39 is 0 Å². The summed E-state index contributed by atoms with van der Waals surface area (Å²) in [7, 11) is 1.87. The Morgan fingerprint density at radius 1 is 1.23 bits per heavy atom. The number of hydrogen-bond acceptors (Lipinski definition) is 1. The van der Waals surface area contributed by atoms with E-state index in [4.69, 9.17) is 4.74 Å². The summed E-state index contributed by atoms with van der Waals surface area (Å²) in [4.78, 5) is 0. The quantitative estimate of drug-likeness (QED) is 0.651. The molecule has 1 rings (SSSR count). The van der Waals surface area contributed by atoms with E-state index >= 15 is 0 Å². The molecule has 1 saturated carbocycles. The average molecular weight is 184 g/mol. The smallest absolute Gasteiger partial charge is 0.0604 e. The lowest BCUT2D eigenvalue weighted by molar-refractivity contribution is -0.0290. The number of ether oxygens (including phenoxy) is 1. The van der Waals surface area contributed by atoms with E-state index in [2.05, 4.69) is 20.8 Å². The third-order valence-corrected chi connectivity index (χ3v) is 3.92. The van der Waals surface area contributed by atoms with Crippen molar-refractivity contribution in [1.82, 2.24) is 0 Å². The molecule has 0 bridgehead atoms. The minimum Gasteiger partial charge on any atom is -0.381 e. The Morgan fingerprint density at radius 2 is 1.85 bits per heavy atom. The van der Waals surface area contributed by atoms with Gasteiger partial charge in [-0.25, -0.2) is 0 Å². The second kappa shape index (κ2) is 4.45. The zero-order valence-electron chi connectivity index (χ0n) is 9.60. The van der Waals surface area contributed by atoms with Crippen molar-refractivity contribution in [3.05, 3.63) is 0 Å². The molecular formula is C12H24O. The summed E-state index contributed by atoms with van der Waals surface area (Å²) in [5.74, 6) is 0.774. The fourth-order valence-electron chi connectivity index (χ4n) is 2.54. The molecule has 0 spiro atoms. The number of methoxy groups -OCH3 is 1. The first kappa shape index (κ1) is 11.0. The summed E-state index contributed by atoms with van der Waals surface area (Å²) >= 11 is 0. The Kier molecular flexibility index (Phi) is 3.78. The molecule has 13 heavy (non-hydrogen) atoms. The summed E-state index contributed by atoms with van der Waals surface area (Å²) in [5, 5.41) is 0. The van der Waals surface area contributed by atoms with Crippen LogP contribution in [0.4, 0.5) is 0 Å². The summed E-state index contributed by atoms with van der Waals surface area (Å²) < 4.78 is 5.59. The standard InChI is InChI=1S/C12H24O/c1-5-12(2,3)10-8-6-7-9-11(10)13-4/h10-11H,5-9H2,1-4H3/t10-,11-/m1/s1. The molecule has 1 aliphatic rings. The van der Waals surface area contributed by atoms with Gasteiger partial charge in [0.05, 0.1) is 6.10 Å². The lowest BCUT2D eigenvalue weighted by Crippen LogP contribution is -2.37. The molecule has 0 aromatic carbocycles. The van der Waals surface area contributed by atoms with Crippen molar-refractivity contribution in [1.29, 1.82) is 0 Å². The highest BCUT2D eigenvalue weighted by atomic mass is 16.5. The van der Waals surface area contributed by atoms with Gasteiger partial charge >= 0.3 is 0 Å². The van der Waals surface area contributed by atoms with Crippen molar-refractivity contribution in [2.75, 3.05) is 7.11 Å². The fourth-order valence-corrected chi connectivity index (χ4v) is 2.54. The van der Waals surface area contributed by atoms with E-state index in [1.807, 2.05) is 7.11 Å². The fraction of sp³-hybridized carbons (Fsp3) is 1.00. The molecular weight excluding hydrogens is 160 g/mol. The van der Waals surface area contributed by atoms with Crippen LogP contribution in [0.3, 0.4) is 0 Å². The lowest BCUT2D eigenvalue weighted by Gasteiger charge is -2.41. The molecule has 0 aromatic heterocycles. The zero-order valence-corrected chi connectivity index (χ0v) is 9.60. The molecule has 1 heteroatoms. The second-order valence-electron chi connectivity index (χ2n) is 5.01. The Balaban J connectivity index is 2.63. The molecule has 2 atom stereocenters. The van der Waals surface area contributed by atoms with Crippen LogP contribution in [0.1, 0.15) is 52.9 Å². The molecule has 0 radical (unpaired) electrons. The van der Waals surface area contributed by atoms with Gasteiger partial charge in [0.2, 0.25) is 0 Å². The predicted octanol–water partition coefficient (Wildman–Crippen LogP) is 3.63. The van der Waals surface area contributed by atoms with E-state index in [1.165, 1.54) is 32.1 Å². The summed E-state index contributed by atoms with van der Waals surface area (Å²) in [6.45, 7) is 7.06. The molecule has 0 aromatic rings. The van der Waals surface area contributed by atoms with Crippen molar-refractivity contribution < 1.29 is 4.74 Å². The minimum atomic E-state index is 0.459. The molecule has 0 N–H and O–H groups in total. The Labute approximate surface area is 82.9 Å². The summed E-state index contributed by atoms with van der Waals surface area (Å²) in [6, 6.07) is 0. The Hall–Kier alpha value is -0.0400. The van der Waals surface area contributed by atoms with Gasteiger partial charge in [0.25, 0.3) is 0 Å². The Bertz CT molecular complexity index is 151. The number of rotatable bonds is 3. The van der Waals surface area contributed by atoms with Crippen LogP contribution in [-0.4, -0.2) is 13.2 Å². The first-order chi connectivity index (χ1) is 6.11. The highest BCUT2D eigenvalue weighted by Gasteiger charge is 2.35. The zero-order chi connectivity index (χ0) is 9.90.